The first-order valence-electron chi connectivity index (χ1n) is 6.70. The van der Waals surface area contributed by atoms with Gasteiger partial charge in [0.25, 0.3) is 5.91 Å². The molecule has 0 aliphatic heterocycles. The quantitative estimate of drug-likeness (QED) is 0.713. The zero-order valence-electron chi connectivity index (χ0n) is 12.2. The lowest BCUT2D eigenvalue weighted by molar-refractivity contribution is 0.0314. The number of aryl methyl sites for hydroxylation is 2. The average Bonchev–Trinajstić information content (AvgIpc) is 2.39. The van der Waals surface area contributed by atoms with Gasteiger partial charge in [-0.15, -0.1) is 0 Å². The van der Waals surface area contributed by atoms with Crippen molar-refractivity contribution < 1.29 is 9.90 Å². The van der Waals surface area contributed by atoms with Crippen LogP contribution in [0.2, 0.25) is 0 Å². The Morgan fingerprint density at radius 3 is 2.37 bits per heavy atom. The van der Waals surface area contributed by atoms with Crippen LogP contribution in [-0.2, 0) is 0 Å². The Morgan fingerprint density at radius 1 is 1.26 bits per heavy atom. The number of nitrogens with two attached hydrogens (primary N) is 1. The first-order chi connectivity index (χ1) is 8.83. The van der Waals surface area contributed by atoms with Crippen molar-refractivity contribution in [3.8, 4) is 0 Å². The van der Waals surface area contributed by atoms with Crippen LogP contribution in [0, 0.1) is 13.8 Å². The maximum absolute atomic E-state index is 12.1. The molecule has 0 unspecified atom stereocenters. The Balaban J connectivity index is 2.82. The maximum Gasteiger partial charge on any atom is 0.251 e. The van der Waals surface area contributed by atoms with Gasteiger partial charge in [-0.25, -0.2) is 0 Å². The number of benzene rings is 1. The molecule has 0 heterocycles. The molecule has 1 amide bonds. The second-order valence-corrected chi connectivity index (χ2v) is 5.14. The van der Waals surface area contributed by atoms with E-state index in [1.54, 1.807) is 6.07 Å². The smallest absolute Gasteiger partial charge is 0.251 e. The van der Waals surface area contributed by atoms with Gasteiger partial charge < -0.3 is 16.2 Å². The normalized spacial score (nSPS) is 11.4. The summed E-state index contributed by atoms with van der Waals surface area (Å²) in [6.07, 6.45) is 1.22. The molecule has 4 heteroatoms. The fourth-order valence-electron chi connectivity index (χ4n) is 1.95. The van der Waals surface area contributed by atoms with E-state index < -0.39 is 5.60 Å². The molecule has 4 N–H and O–H groups in total. The highest BCUT2D eigenvalue weighted by molar-refractivity contribution is 5.96. The number of hydrogen-bond acceptors (Lipinski definition) is 3. The van der Waals surface area contributed by atoms with Crippen molar-refractivity contribution in [3.05, 3.63) is 28.8 Å². The number of carbonyl (C=O) groups is 1. The number of carbonyl (C=O) groups excluding carboxylic acids is 1. The van der Waals surface area contributed by atoms with E-state index >= 15 is 0 Å². The SMILES string of the molecule is CCC(O)(CC)CNC(=O)c1cc(N)c(C)cc1C. The van der Waals surface area contributed by atoms with Crippen molar-refractivity contribution in [2.75, 3.05) is 12.3 Å². The number of anilines is 1. The minimum Gasteiger partial charge on any atom is -0.398 e. The van der Waals surface area contributed by atoms with E-state index in [4.69, 9.17) is 5.73 Å². The topological polar surface area (TPSA) is 75.3 Å². The molecule has 1 aromatic carbocycles. The molecule has 19 heavy (non-hydrogen) atoms. The van der Waals surface area contributed by atoms with Crippen LogP contribution in [0.3, 0.4) is 0 Å². The molecule has 0 spiro atoms. The summed E-state index contributed by atoms with van der Waals surface area (Å²) >= 11 is 0. The molecule has 0 saturated heterocycles. The lowest BCUT2D eigenvalue weighted by Gasteiger charge is -2.25. The largest absolute Gasteiger partial charge is 0.398 e. The van der Waals surface area contributed by atoms with Crippen LogP contribution in [0.25, 0.3) is 0 Å². The van der Waals surface area contributed by atoms with Gasteiger partial charge in [-0.05, 0) is 43.9 Å². The van der Waals surface area contributed by atoms with E-state index in [0.29, 0.717) is 24.1 Å². The summed E-state index contributed by atoms with van der Waals surface area (Å²) in [6.45, 7) is 7.87. The molecule has 0 bridgehead atoms. The Hall–Kier alpha value is -1.55. The summed E-state index contributed by atoms with van der Waals surface area (Å²) in [5, 5.41) is 12.9. The molecule has 0 aromatic heterocycles. The van der Waals surface area contributed by atoms with Gasteiger partial charge in [0, 0.05) is 17.8 Å². The van der Waals surface area contributed by atoms with Gasteiger partial charge in [0.1, 0.15) is 0 Å². The molecule has 0 aliphatic rings. The van der Waals surface area contributed by atoms with Crippen LogP contribution in [0.5, 0.6) is 0 Å². The van der Waals surface area contributed by atoms with Crippen molar-refractivity contribution >= 4 is 11.6 Å². The van der Waals surface area contributed by atoms with Crippen LogP contribution in [0.15, 0.2) is 12.1 Å². The average molecular weight is 264 g/mol. The van der Waals surface area contributed by atoms with Crippen molar-refractivity contribution in [1.29, 1.82) is 0 Å². The molecular formula is C15H24N2O2. The highest BCUT2D eigenvalue weighted by atomic mass is 16.3. The van der Waals surface area contributed by atoms with Gasteiger partial charge in [0.2, 0.25) is 0 Å². The maximum atomic E-state index is 12.1. The van der Waals surface area contributed by atoms with Crippen LogP contribution >= 0.6 is 0 Å². The minimum atomic E-state index is -0.834. The summed E-state index contributed by atoms with van der Waals surface area (Å²) < 4.78 is 0. The van der Waals surface area contributed by atoms with E-state index in [1.807, 2.05) is 33.8 Å². The highest BCUT2D eigenvalue weighted by Gasteiger charge is 2.23. The standard InChI is InChI=1S/C15H24N2O2/c1-5-15(19,6-2)9-17-14(18)12-8-13(16)11(4)7-10(12)3/h7-8,19H,5-6,9,16H2,1-4H3,(H,17,18). The number of aliphatic hydroxyl groups is 1. The fraction of sp³-hybridized carbons (Fsp3) is 0.533. The van der Waals surface area contributed by atoms with Crippen molar-refractivity contribution in [2.24, 2.45) is 0 Å². The second kappa shape index (κ2) is 6.06. The molecule has 0 saturated carbocycles. The molecule has 0 radical (unpaired) electrons. The Morgan fingerprint density at radius 2 is 1.84 bits per heavy atom. The predicted octanol–water partition coefficient (Wildman–Crippen LogP) is 2.17. The third-order valence-electron chi connectivity index (χ3n) is 3.75. The third kappa shape index (κ3) is 3.70. The van der Waals surface area contributed by atoms with E-state index in [-0.39, 0.29) is 12.5 Å². The van der Waals surface area contributed by atoms with E-state index in [2.05, 4.69) is 5.32 Å². The second-order valence-electron chi connectivity index (χ2n) is 5.14. The van der Waals surface area contributed by atoms with Crippen molar-refractivity contribution in [1.82, 2.24) is 5.32 Å². The minimum absolute atomic E-state index is 0.190. The number of hydrogen-bond donors (Lipinski definition) is 3. The van der Waals surface area contributed by atoms with Gasteiger partial charge in [-0.3, -0.25) is 4.79 Å². The zero-order chi connectivity index (χ0) is 14.6. The third-order valence-corrected chi connectivity index (χ3v) is 3.75. The number of rotatable bonds is 5. The molecule has 1 rings (SSSR count). The van der Waals surface area contributed by atoms with E-state index in [0.717, 1.165) is 11.1 Å². The summed E-state index contributed by atoms with van der Waals surface area (Å²) in [4.78, 5) is 12.1. The number of nitrogens with one attached hydrogen (secondary N) is 1. The summed E-state index contributed by atoms with van der Waals surface area (Å²) in [5.41, 5.74) is 8.03. The molecule has 1 aromatic rings. The van der Waals surface area contributed by atoms with Crippen LogP contribution in [0.4, 0.5) is 5.69 Å². The Bertz CT molecular complexity index is 465. The van der Waals surface area contributed by atoms with Gasteiger partial charge in [-0.2, -0.15) is 0 Å². The highest BCUT2D eigenvalue weighted by Crippen LogP contribution is 2.18. The fourth-order valence-corrected chi connectivity index (χ4v) is 1.95. The monoisotopic (exact) mass is 264 g/mol. The van der Waals surface area contributed by atoms with Crippen LogP contribution in [-0.4, -0.2) is 23.2 Å². The Kier molecular flexibility index (Phi) is 4.95. The van der Waals surface area contributed by atoms with Gasteiger partial charge >= 0.3 is 0 Å². The van der Waals surface area contributed by atoms with E-state index in [9.17, 15) is 9.90 Å². The molecule has 106 valence electrons. The predicted molar refractivity (Wildman–Crippen MR) is 78.2 cm³/mol. The molecule has 0 fully saturated rings. The van der Waals surface area contributed by atoms with Crippen molar-refractivity contribution in [3.63, 3.8) is 0 Å². The van der Waals surface area contributed by atoms with Crippen LogP contribution in [0.1, 0.15) is 48.2 Å². The molecule has 4 nitrogen and oxygen atoms in total. The van der Waals surface area contributed by atoms with Crippen molar-refractivity contribution in [2.45, 2.75) is 46.1 Å². The zero-order valence-corrected chi connectivity index (χ0v) is 12.2. The summed E-state index contributed by atoms with van der Waals surface area (Å²) in [7, 11) is 0. The number of amides is 1. The lowest BCUT2D eigenvalue weighted by Crippen LogP contribution is -2.42. The first kappa shape index (κ1) is 15.5. The summed E-state index contributed by atoms with van der Waals surface area (Å²) in [5.74, 6) is -0.190. The number of nitrogen functional groups attached to an aromatic ring is 1. The van der Waals surface area contributed by atoms with E-state index in [1.165, 1.54) is 0 Å². The summed E-state index contributed by atoms with van der Waals surface area (Å²) in [6, 6.07) is 3.59. The lowest BCUT2D eigenvalue weighted by atomic mass is 9.97. The first-order valence-corrected chi connectivity index (χ1v) is 6.70. The van der Waals surface area contributed by atoms with Gasteiger partial charge in [0.05, 0.1) is 5.60 Å². The molecule has 0 atom stereocenters. The Labute approximate surface area is 115 Å². The molecular weight excluding hydrogens is 240 g/mol. The van der Waals surface area contributed by atoms with Gasteiger partial charge in [-0.1, -0.05) is 19.9 Å². The van der Waals surface area contributed by atoms with Crippen LogP contribution < -0.4 is 11.1 Å². The van der Waals surface area contributed by atoms with Gasteiger partial charge in [0.15, 0.2) is 0 Å². The molecule has 0 aliphatic carbocycles.